The Labute approximate surface area is 125 Å². The van der Waals surface area contributed by atoms with Gasteiger partial charge in [0.1, 0.15) is 0 Å². The summed E-state index contributed by atoms with van der Waals surface area (Å²) in [5, 5.41) is 0.782. The van der Waals surface area contributed by atoms with Crippen LogP contribution in [0.3, 0.4) is 0 Å². The SMILES string of the molecule is CC1(C)CN(CCC(N)c2ccccc2Cl)CCS1. The van der Waals surface area contributed by atoms with Gasteiger partial charge < -0.3 is 10.6 Å². The third-order valence-electron chi connectivity index (χ3n) is 3.57. The van der Waals surface area contributed by atoms with Gasteiger partial charge in [-0.3, -0.25) is 0 Å². The van der Waals surface area contributed by atoms with Crippen molar-refractivity contribution in [3.8, 4) is 0 Å². The molecule has 2 N–H and O–H groups in total. The van der Waals surface area contributed by atoms with Crippen molar-refractivity contribution in [2.45, 2.75) is 31.1 Å². The van der Waals surface area contributed by atoms with Crippen LogP contribution in [0.4, 0.5) is 0 Å². The molecule has 1 unspecified atom stereocenters. The molecule has 0 spiro atoms. The molecular formula is C15H23ClN2S. The lowest BCUT2D eigenvalue weighted by atomic mass is 10.0. The quantitative estimate of drug-likeness (QED) is 0.921. The molecule has 1 aromatic rings. The Hall–Kier alpha value is -0.220. The Morgan fingerprint density at radius 1 is 1.42 bits per heavy atom. The topological polar surface area (TPSA) is 29.3 Å². The second-order valence-electron chi connectivity index (χ2n) is 5.80. The molecule has 2 nitrogen and oxygen atoms in total. The average molecular weight is 299 g/mol. The Morgan fingerprint density at radius 2 is 2.16 bits per heavy atom. The van der Waals surface area contributed by atoms with Crippen LogP contribution >= 0.6 is 23.4 Å². The summed E-state index contributed by atoms with van der Waals surface area (Å²) >= 11 is 8.25. The van der Waals surface area contributed by atoms with Crippen molar-refractivity contribution in [1.29, 1.82) is 0 Å². The minimum Gasteiger partial charge on any atom is -0.324 e. The maximum atomic E-state index is 6.26. The van der Waals surface area contributed by atoms with Crippen LogP contribution in [0.2, 0.25) is 5.02 Å². The van der Waals surface area contributed by atoms with E-state index in [9.17, 15) is 0 Å². The summed E-state index contributed by atoms with van der Waals surface area (Å²) < 4.78 is 0.368. The molecule has 0 aromatic heterocycles. The van der Waals surface area contributed by atoms with Crippen molar-refractivity contribution in [2.24, 2.45) is 5.73 Å². The van der Waals surface area contributed by atoms with Gasteiger partial charge in [-0.05, 0) is 31.9 Å². The first-order chi connectivity index (χ1) is 8.98. The van der Waals surface area contributed by atoms with E-state index in [-0.39, 0.29) is 6.04 Å². The molecule has 1 aliphatic rings. The fourth-order valence-corrected chi connectivity index (χ4v) is 4.01. The van der Waals surface area contributed by atoms with Gasteiger partial charge in [-0.1, -0.05) is 29.8 Å². The number of benzene rings is 1. The zero-order chi connectivity index (χ0) is 13.9. The van der Waals surface area contributed by atoms with Gasteiger partial charge in [0.2, 0.25) is 0 Å². The summed E-state index contributed by atoms with van der Waals surface area (Å²) in [7, 11) is 0. The molecule has 2 rings (SSSR count). The number of thioether (sulfide) groups is 1. The summed E-state index contributed by atoms with van der Waals surface area (Å²) in [5.74, 6) is 1.22. The molecule has 1 atom stereocenters. The van der Waals surface area contributed by atoms with Gasteiger partial charge in [-0.25, -0.2) is 0 Å². The maximum absolute atomic E-state index is 6.26. The predicted molar refractivity (Wildman–Crippen MR) is 86.0 cm³/mol. The third kappa shape index (κ3) is 4.38. The third-order valence-corrected chi connectivity index (χ3v) is 5.21. The Bertz CT molecular complexity index is 422. The van der Waals surface area contributed by atoms with E-state index >= 15 is 0 Å². The highest BCUT2D eigenvalue weighted by Gasteiger charge is 2.26. The van der Waals surface area contributed by atoms with Gasteiger partial charge in [0.25, 0.3) is 0 Å². The predicted octanol–water partition coefficient (Wildman–Crippen LogP) is 3.56. The van der Waals surface area contributed by atoms with Crippen LogP contribution in [0.1, 0.15) is 31.9 Å². The van der Waals surface area contributed by atoms with Crippen LogP contribution in [-0.2, 0) is 0 Å². The minimum atomic E-state index is 0.0337. The first kappa shape index (κ1) is 15.2. The van der Waals surface area contributed by atoms with Crippen LogP contribution in [-0.4, -0.2) is 35.0 Å². The number of halogens is 1. The lowest BCUT2D eigenvalue weighted by molar-refractivity contribution is 0.251. The van der Waals surface area contributed by atoms with Crippen molar-refractivity contribution in [3.63, 3.8) is 0 Å². The first-order valence-electron chi connectivity index (χ1n) is 6.84. The molecule has 1 heterocycles. The van der Waals surface area contributed by atoms with E-state index in [2.05, 4.69) is 30.5 Å². The number of rotatable bonds is 4. The zero-order valence-corrected chi connectivity index (χ0v) is 13.3. The van der Waals surface area contributed by atoms with Gasteiger partial charge in [-0.15, -0.1) is 0 Å². The normalized spacial score (nSPS) is 21.3. The minimum absolute atomic E-state index is 0.0337. The van der Waals surface area contributed by atoms with Crippen LogP contribution < -0.4 is 5.73 Å². The fourth-order valence-electron chi connectivity index (χ4n) is 2.56. The standard InChI is InChI=1S/C15H23ClN2S/c1-15(2)11-18(9-10-19-15)8-7-14(17)12-5-3-4-6-13(12)16/h3-6,14H,7-11,17H2,1-2H3. The van der Waals surface area contributed by atoms with E-state index in [1.165, 1.54) is 12.3 Å². The van der Waals surface area contributed by atoms with Crippen LogP contribution in [0, 0.1) is 0 Å². The zero-order valence-electron chi connectivity index (χ0n) is 11.7. The van der Waals surface area contributed by atoms with Crippen LogP contribution in [0.5, 0.6) is 0 Å². The van der Waals surface area contributed by atoms with Gasteiger partial charge >= 0.3 is 0 Å². The molecule has 19 heavy (non-hydrogen) atoms. The van der Waals surface area contributed by atoms with Crippen molar-refractivity contribution in [3.05, 3.63) is 34.9 Å². The monoisotopic (exact) mass is 298 g/mol. The van der Waals surface area contributed by atoms with Gasteiger partial charge in [0.15, 0.2) is 0 Å². The second kappa shape index (κ2) is 6.49. The van der Waals surface area contributed by atoms with E-state index in [0.717, 1.165) is 30.1 Å². The van der Waals surface area contributed by atoms with E-state index in [4.69, 9.17) is 17.3 Å². The van der Waals surface area contributed by atoms with Gasteiger partial charge in [-0.2, -0.15) is 11.8 Å². The van der Waals surface area contributed by atoms with E-state index < -0.39 is 0 Å². The first-order valence-corrected chi connectivity index (χ1v) is 8.21. The van der Waals surface area contributed by atoms with Crippen LogP contribution in [0.25, 0.3) is 0 Å². The van der Waals surface area contributed by atoms with Crippen molar-refractivity contribution in [1.82, 2.24) is 4.90 Å². The Kier molecular flexibility index (Phi) is 5.18. The van der Waals surface area contributed by atoms with Gasteiger partial charge in [0, 0.05) is 41.2 Å². The number of nitrogens with zero attached hydrogens (tertiary/aromatic N) is 1. The largest absolute Gasteiger partial charge is 0.324 e. The molecule has 106 valence electrons. The number of hydrogen-bond donors (Lipinski definition) is 1. The lowest BCUT2D eigenvalue weighted by Crippen LogP contribution is -2.43. The molecule has 0 bridgehead atoms. The average Bonchev–Trinajstić information content (AvgIpc) is 2.35. The molecule has 1 saturated heterocycles. The lowest BCUT2D eigenvalue weighted by Gasteiger charge is -2.38. The Morgan fingerprint density at radius 3 is 2.84 bits per heavy atom. The van der Waals surface area contributed by atoms with E-state index in [1.807, 2.05) is 24.3 Å². The van der Waals surface area contributed by atoms with Crippen molar-refractivity contribution < 1.29 is 0 Å². The van der Waals surface area contributed by atoms with E-state index in [0.29, 0.717) is 4.75 Å². The molecule has 1 aliphatic heterocycles. The maximum Gasteiger partial charge on any atom is 0.0453 e. The highest BCUT2D eigenvalue weighted by atomic mass is 35.5. The van der Waals surface area contributed by atoms with Crippen molar-refractivity contribution >= 4 is 23.4 Å². The summed E-state index contributed by atoms with van der Waals surface area (Å²) in [6.45, 7) is 8.00. The summed E-state index contributed by atoms with van der Waals surface area (Å²) in [5.41, 5.74) is 7.33. The molecule has 0 radical (unpaired) electrons. The molecular weight excluding hydrogens is 276 g/mol. The molecule has 1 fully saturated rings. The van der Waals surface area contributed by atoms with Crippen molar-refractivity contribution in [2.75, 3.05) is 25.4 Å². The van der Waals surface area contributed by atoms with Crippen LogP contribution in [0.15, 0.2) is 24.3 Å². The number of hydrogen-bond acceptors (Lipinski definition) is 3. The summed E-state index contributed by atoms with van der Waals surface area (Å²) in [6, 6.07) is 7.93. The van der Waals surface area contributed by atoms with Gasteiger partial charge in [0.05, 0.1) is 0 Å². The molecule has 0 aliphatic carbocycles. The summed E-state index contributed by atoms with van der Waals surface area (Å²) in [4.78, 5) is 2.52. The second-order valence-corrected chi connectivity index (χ2v) is 8.01. The summed E-state index contributed by atoms with van der Waals surface area (Å²) in [6.07, 6.45) is 0.963. The molecule has 0 amide bonds. The van der Waals surface area contributed by atoms with E-state index in [1.54, 1.807) is 0 Å². The Balaban J connectivity index is 1.87. The molecule has 4 heteroatoms. The number of nitrogens with two attached hydrogens (primary N) is 1. The molecule has 1 aromatic carbocycles. The highest BCUT2D eigenvalue weighted by Crippen LogP contribution is 2.30. The highest BCUT2D eigenvalue weighted by molar-refractivity contribution is 8.00. The smallest absolute Gasteiger partial charge is 0.0453 e. The fraction of sp³-hybridized carbons (Fsp3) is 0.600. The molecule has 0 saturated carbocycles.